The number of fused-ring (bicyclic) bond motifs is 1. The van der Waals surface area contributed by atoms with Gasteiger partial charge >= 0.3 is 0 Å². The third-order valence-electron chi connectivity index (χ3n) is 3.18. The Labute approximate surface area is 128 Å². The second-order valence-corrected chi connectivity index (χ2v) is 5.37. The summed E-state index contributed by atoms with van der Waals surface area (Å²) in [7, 11) is 0. The van der Waals surface area contributed by atoms with Crippen molar-refractivity contribution < 1.29 is 5.11 Å². The van der Waals surface area contributed by atoms with E-state index in [-0.39, 0.29) is 6.61 Å². The van der Waals surface area contributed by atoms with Crippen molar-refractivity contribution in [3.05, 3.63) is 42.7 Å². The number of nitrogens with zero attached hydrogens (tertiary/aromatic N) is 5. The third-order valence-corrected chi connectivity index (χ3v) is 3.93. The zero-order valence-corrected chi connectivity index (χ0v) is 12.1. The number of hydrogen-bond acceptors (Lipinski definition) is 7. The van der Waals surface area contributed by atoms with Gasteiger partial charge in [-0.1, -0.05) is 0 Å². The van der Waals surface area contributed by atoms with Crippen molar-refractivity contribution in [2.24, 2.45) is 0 Å². The summed E-state index contributed by atoms with van der Waals surface area (Å²) in [6.45, 7) is -0.0795. The van der Waals surface area contributed by atoms with Gasteiger partial charge in [0, 0.05) is 24.2 Å². The van der Waals surface area contributed by atoms with Crippen LogP contribution in [0.5, 0.6) is 0 Å². The van der Waals surface area contributed by atoms with Crippen LogP contribution in [0.25, 0.3) is 16.9 Å². The smallest absolute Gasteiger partial charge is 0.180 e. The Morgan fingerprint density at radius 2 is 2.27 bits per heavy atom. The molecule has 0 spiro atoms. The molecule has 8 nitrogen and oxygen atoms in total. The number of rotatable bonds is 4. The number of aromatic nitrogens is 6. The minimum absolute atomic E-state index is 0.0795. The lowest BCUT2D eigenvalue weighted by atomic mass is 10.3. The zero-order chi connectivity index (χ0) is 14.9. The van der Waals surface area contributed by atoms with Gasteiger partial charge in [0.2, 0.25) is 0 Å². The van der Waals surface area contributed by atoms with E-state index >= 15 is 0 Å². The van der Waals surface area contributed by atoms with Gasteiger partial charge in [-0.15, -0.1) is 0 Å². The molecule has 0 atom stereocenters. The SMILES string of the molecule is OCc1cc(Nc2nccn3c(-c4cn[nH]c4)cnc23)sn1. The molecule has 9 heteroatoms. The van der Waals surface area contributed by atoms with Crippen molar-refractivity contribution in [1.82, 2.24) is 28.9 Å². The first-order valence-electron chi connectivity index (χ1n) is 6.50. The molecule has 0 unspecified atom stereocenters. The number of aliphatic hydroxyl groups is 1. The maximum atomic E-state index is 9.07. The van der Waals surface area contributed by atoms with Gasteiger partial charge in [0.15, 0.2) is 11.5 Å². The van der Waals surface area contributed by atoms with Crippen LogP contribution in [0, 0.1) is 0 Å². The molecule has 0 amide bonds. The van der Waals surface area contributed by atoms with Crippen molar-refractivity contribution in [3.8, 4) is 11.3 Å². The molecule has 4 rings (SSSR count). The lowest BCUT2D eigenvalue weighted by Crippen LogP contribution is -1.97. The molecule has 0 aliphatic carbocycles. The van der Waals surface area contributed by atoms with Gasteiger partial charge in [0.05, 0.1) is 30.4 Å². The van der Waals surface area contributed by atoms with Crippen molar-refractivity contribution in [2.75, 3.05) is 5.32 Å². The van der Waals surface area contributed by atoms with E-state index in [1.165, 1.54) is 11.5 Å². The number of nitrogens with one attached hydrogen (secondary N) is 2. The Balaban J connectivity index is 1.76. The van der Waals surface area contributed by atoms with E-state index in [4.69, 9.17) is 5.11 Å². The lowest BCUT2D eigenvalue weighted by Gasteiger charge is -2.04. The van der Waals surface area contributed by atoms with E-state index in [0.717, 1.165) is 16.3 Å². The molecule has 0 saturated carbocycles. The largest absolute Gasteiger partial charge is 0.390 e. The standard InChI is InChI=1S/C13H11N7OS/c21-7-9-3-11(22-19-9)18-12-13-15-6-10(8-4-16-17-5-8)20(13)2-1-14-12/h1-6,21H,7H2,(H,14,18)(H,16,17). The molecule has 4 aromatic heterocycles. The van der Waals surface area contributed by atoms with Gasteiger partial charge in [-0.2, -0.15) is 9.47 Å². The molecule has 4 aromatic rings. The van der Waals surface area contributed by atoms with Gasteiger partial charge < -0.3 is 10.4 Å². The van der Waals surface area contributed by atoms with Crippen LogP contribution >= 0.6 is 11.5 Å². The van der Waals surface area contributed by atoms with Gasteiger partial charge in [-0.05, 0) is 17.6 Å². The van der Waals surface area contributed by atoms with Crippen LogP contribution in [0.4, 0.5) is 10.8 Å². The van der Waals surface area contributed by atoms with Crippen molar-refractivity contribution in [3.63, 3.8) is 0 Å². The molecule has 0 aliphatic heterocycles. The number of anilines is 2. The van der Waals surface area contributed by atoms with E-state index in [1.807, 2.05) is 16.8 Å². The van der Waals surface area contributed by atoms with Crippen LogP contribution in [0.3, 0.4) is 0 Å². The number of imidazole rings is 1. The summed E-state index contributed by atoms with van der Waals surface area (Å²) >= 11 is 1.27. The van der Waals surface area contributed by atoms with Crippen LogP contribution < -0.4 is 5.32 Å². The number of H-pyrrole nitrogens is 1. The summed E-state index contributed by atoms with van der Waals surface area (Å²) in [5, 5.41) is 19.8. The van der Waals surface area contributed by atoms with Crippen LogP contribution in [0.15, 0.2) is 37.1 Å². The highest BCUT2D eigenvalue weighted by Gasteiger charge is 2.12. The quantitative estimate of drug-likeness (QED) is 0.531. The molecule has 0 aliphatic rings. The number of hydrogen-bond donors (Lipinski definition) is 3. The summed E-state index contributed by atoms with van der Waals surface area (Å²) in [6, 6.07) is 1.79. The molecule has 0 aromatic carbocycles. The first-order valence-corrected chi connectivity index (χ1v) is 7.27. The Kier molecular flexibility index (Phi) is 3.06. The Hall–Kier alpha value is -2.78. The minimum atomic E-state index is -0.0795. The first-order chi connectivity index (χ1) is 10.8. The molecule has 3 N–H and O–H groups in total. The van der Waals surface area contributed by atoms with E-state index in [2.05, 4.69) is 29.9 Å². The summed E-state index contributed by atoms with van der Waals surface area (Å²) in [5.74, 6) is 0.630. The van der Waals surface area contributed by atoms with Crippen molar-refractivity contribution in [2.45, 2.75) is 6.61 Å². The van der Waals surface area contributed by atoms with Crippen LogP contribution in [0.2, 0.25) is 0 Å². The normalized spacial score (nSPS) is 11.1. The fourth-order valence-corrected chi connectivity index (χ4v) is 2.83. The molecular formula is C13H11N7OS. The van der Waals surface area contributed by atoms with Gasteiger partial charge in [-0.25, -0.2) is 9.97 Å². The maximum absolute atomic E-state index is 9.07. The maximum Gasteiger partial charge on any atom is 0.180 e. The number of aliphatic hydroxyl groups excluding tert-OH is 1. The van der Waals surface area contributed by atoms with Crippen molar-refractivity contribution in [1.29, 1.82) is 0 Å². The average Bonchev–Trinajstić information content (AvgIpc) is 3.27. The Morgan fingerprint density at radius 1 is 1.32 bits per heavy atom. The summed E-state index contributed by atoms with van der Waals surface area (Å²) in [4.78, 5) is 8.76. The van der Waals surface area contributed by atoms with E-state index in [0.29, 0.717) is 17.2 Å². The van der Waals surface area contributed by atoms with Crippen LogP contribution in [-0.4, -0.2) is 34.0 Å². The Morgan fingerprint density at radius 3 is 3.05 bits per heavy atom. The second-order valence-electron chi connectivity index (χ2n) is 4.57. The van der Waals surface area contributed by atoms with Crippen LogP contribution in [-0.2, 0) is 6.61 Å². The third kappa shape index (κ3) is 2.12. The molecule has 0 fully saturated rings. The molecule has 0 saturated heterocycles. The minimum Gasteiger partial charge on any atom is -0.390 e. The lowest BCUT2D eigenvalue weighted by molar-refractivity contribution is 0.278. The monoisotopic (exact) mass is 313 g/mol. The molecule has 0 radical (unpaired) electrons. The fraction of sp³-hybridized carbons (Fsp3) is 0.0769. The first kappa shape index (κ1) is 12.9. The highest BCUT2D eigenvalue weighted by Crippen LogP contribution is 2.26. The molecule has 22 heavy (non-hydrogen) atoms. The summed E-state index contributed by atoms with van der Waals surface area (Å²) < 4.78 is 6.06. The van der Waals surface area contributed by atoms with Crippen molar-refractivity contribution >= 4 is 28.0 Å². The zero-order valence-electron chi connectivity index (χ0n) is 11.3. The fourth-order valence-electron chi connectivity index (χ4n) is 2.17. The van der Waals surface area contributed by atoms with Gasteiger partial charge in [0.1, 0.15) is 5.00 Å². The van der Waals surface area contributed by atoms with Gasteiger partial charge in [-0.3, -0.25) is 9.50 Å². The second kappa shape index (κ2) is 5.20. The molecular weight excluding hydrogens is 302 g/mol. The molecule has 110 valence electrons. The van der Waals surface area contributed by atoms with E-state index in [1.54, 1.807) is 24.7 Å². The predicted octanol–water partition coefficient (Wildman–Crippen LogP) is 1.81. The topological polar surface area (TPSA) is 104 Å². The van der Waals surface area contributed by atoms with E-state index < -0.39 is 0 Å². The summed E-state index contributed by atoms with van der Waals surface area (Å²) in [6.07, 6.45) is 8.89. The van der Waals surface area contributed by atoms with Gasteiger partial charge in [0.25, 0.3) is 0 Å². The van der Waals surface area contributed by atoms with E-state index in [9.17, 15) is 0 Å². The molecule has 0 bridgehead atoms. The average molecular weight is 313 g/mol. The highest BCUT2D eigenvalue weighted by atomic mass is 32.1. The summed E-state index contributed by atoms with van der Waals surface area (Å²) in [5.41, 5.74) is 3.21. The Bertz CT molecular complexity index is 912. The number of aromatic amines is 1. The highest BCUT2D eigenvalue weighted by molar-refractivity contribution is 7.10. The van der Waals surface area contributed by atoms with Crippen LogP contribution in [0.1, 0.15) is 5.69 Å². The molecule has 4 heterocycles. The predicted molar refractivity (Wildman–Crippen MR) is 81.9 cm³/mol.